The molecule has 2 aliphatic heterocycles. The first-order chi connectivity index (χ1) is 42.3. The fourth-order valence-corrected chi connectivity index (χ4v) is 15.3. The average Bonchev–Trinajstić information content (AvgIpc) is 2.25. The van der Waals surface area contributed by atoms with Gasteiger partial charge in [0.05, 0.1) is 30.1 Å². The lowest BCUT2D eigenvalue weighted by Crippen LogP contribution is -2.31. The molecule has 1 unspecified atom stereocenters. The highest BCUT2D eigenvalue weighted by Gasteiger charge is 2.46. The predicted octanol–water partition coefficient (Wildman–Crippen LogP) is 13.9. The van der Waals surface area contributed by atoms with E-state index in [1.54, 1.807) is 0 Å². The van der Waals surface area contributed by atoms with Crippen LogP contribution in [-0.2, 0) is 40.5 Å². The second kappa shape index (κ2) is 26.2. The van der Waals surface area contributed by atoms with Gasteiger partial charge in [-0.2, -0.15) is 21.4 Å². The maximum atomic E-state index is 13.7. The van der Waals surface area contributed by atoms with E-state index < -0.39 is 37.2 Å². The summed E-state index contributed by atoms with van der Waals surface area (Å²) in [6.07, 6.45) is 11.6. The number of rotatable bonds is 24. The molecule has 0 fully saturated rings. The lowest BCUT2D eigenvalue weighted by Gasteiger charge is -2.31. The average molecular weight is 1220 g/mol. The number of carbonyl (C=O) groups excluding carboxylic acids is 2. The van der Waals surface area contributed by atoms with Crippen LogP contribution in [0, 0.1) is 5.92 Å². The van der Waals surface area contributed by atoms with Gasteiger partial charge in [0.2, 0.25) is 5.69 Å². The first-order valence-electron chi connectivity index (χ1n) is 30.8. The number of allylic oxidation sites excluding steroid dienone is 6. The highest BCUT2D eigenvalue weighted by atomic mass is 32.2. The molecule has 458 valence electrons. The summed E-state index contributed by atoms with van der Waals surface area (Å²) in [6.45, 7) is 11.4. The van der Waals surface area contributed by atoms with E-state index in [4.69, 9.17) is 9.47 Å². The Morgan fingerprint density at radius 1 is 0.670 bits per heavy atom. The van der Waals surface area contributed by atoms with Gasteiger partial charge in [-0.3, -0.25) is 13.9 Å². The van der Waals surface area contributed by atoms with E-state index in [0.717, 1.165) is 86.0 Å². The molecule has 2 amide bonds. The number of hydrogen-bond donors (Lipinski definition) is 4. The lowest BCUT2D eigenvalue weighted by molar-refractivity contribution is -0.438. The smallest absolute Gasteiger partial charge is 0.407 e. The second-order valence-corrected chi connectivity index (χ2v) is 27.8. The van der Waals surface area contributed by atoms with Crippen molar-refractivity contribution in [2.24, 2.45) is 5.92 Å². The summed E-state index contributed by atoms with van der Waals surface area (Å²) in [4.78, 5) is 28.8. The van der Waals surface area contributed by atoms with Crippen LogP contribution in [0.5, 0.6) is 0 Å². The molecule has 1 atom stereocenters. The molecule has 0 saturated carbocycles. The maximum Gasteiger partial charge on any atom is 0.407 e. The van der Waals surface area contributed by atoms with Crippen molar-refractivity contribution in [1.82, 2.24) is 10.6 Å². The fraction of sp³-hybridized carbons (Fsp3) is 0.347. The molecule has 16 heteroatoms. The molecular formula is C72H79N4O10S2+. The van der Waals surface area contributed by atoms with Crippen molar-refractivity contribution in [1.29, 1.82) is 0 Å². The van der Waals surface area contributed by atoms with Crippen molar-refractivity contribution in [3.8, 4) is 11.1 Å². The summed E-state index contributed by atoms with van der Waals surface area (Å²) in [6, 6.07) is 49.8. The number of ether oxygens (including phenoxy) is 2. The molecular weight excluding hydrogens is 1140 g/mol. The van der Waals surface area contributed by atoms with Crippen molar-refractivity contribution in [2.75, 3.05) is 62.4 Å². The Kier molecular flexibility index (Phi) is 18.4. The van der Waals surface area contributed by atoms with E-state index >= 15 is 0 Å². The third kappa shape index (κ3) is 13.3. The summed E-state index contributed by atoms with van der Waals surface area (Å²) in [7, 11) is -8.23. The van der Waals surface area contributed by atoms with Gasteiger partial charge in [-0.25, -0.2) is 4.79 Å². The number of nitrogens with one attached hydrogen (secondary N) is 2. The zero-order valence-electron chi connectivity index (χ0n) is 50.6. The minimum Gasteiger partial charge on any atom is -0.449 e. The van der Waals surface area contributed by atoms with Gasteiger partial charge in [-0.05, 0) is 155 Å². The molecule has 2 aliphatic carbocycles. The number of alkyl carbamates (subject to hydrolysis) is 1. The Morgan fingerprint density at radius 2 is 1.27 bits per heavy atom. The van der Waals surface area contributed by atoms with E-state index in [1.165, 1.54) is 27.7 Å². The van der Waals surface area contributed by atoms with Gasteiger partial charge in [0.15, 0.2) is 5.71 Å². The van der Waals surface area contributed by atoms with Gasteiger partial charge >= 0.3 is 6.09 Å². The molecule has 7 aromatic rings. The molecule has 0 spiro atoms. The first-order valence-corrected chi connectivity index (χ1v) is 34.0. The largest absolute Gasteiger partial charge is 0.449 e. The number of anilines is 1. The number of fused-ring (bicyclic) bond motifs is 9. The van der Waals surface area contributed by atoms with Crippen LogP contribution in [0.4, 0.5) is 16.2 Å². The molecule has 0 bridgehead atoms. The van der Waals surface area contributed by atoms with E-state index in [1.807, 2.05) is 54.6 Å². The van der Waals surface area contributed by atoms with Gasteiger partial charge in [0.1, 0.15) is 13.2 Å². The second-order valence-electron chi connectivity index (χ2n) is 24.7. The van der Waals surface area contributed by atoms with Crippen LogP contribution in [-0.4, -0.2) is 106 Å². The number of amides is 2. The van der Waals surface area contributed by atoms with Crippen molar-refractivity contribution in [3.63, 3.8) is 0 Å². The summed E-state index contributed by atoms with van der Waals surface area (Å²) >= 11 is 0. The molecule has 7 aromatic carbocycles. The molecule has 0 saturated heterocycles. The lowest BCUT2D eigenvalue weighted by atomic mass is 9.75. The summed E-state index contributed by atoms with van der Waals surface area (Å²) < 4.78 is 80.4. The third-order valence-corrected chi connectivity index (χ3v) is 19.8. The summed E-state index contributed by atoms with van der Waals surface area (Å²) in [5.74, 6) is -0.796. The molecule has 0 aromatic heterocycles. The van der Waals surface area contributed by atoms with E-state index in [9.17, 15) is 35.5 Å². The Balaban J connectivity index is 0.831. The van der Waals surface area contributed by atoms with Crippen molar-refractivity contribution >= 4 is 76.4 Å². The Bertz CT molecular complexity index is 4120. The standard InChI is InChI=1S/C72H78N4O10S2/c1-71(2)64(75(42-13-15-46-87(79,80)81)62-36-32-49-18-5-7-22-55(49)67(62)71)38-34-51-20-17-21-52(35-39-65-72(3,4)68-56-23-8-6-19-50(56)33-37-63(68)76(65)43-14-16-47-88(82,83)84)66(51)53-28-30-54(31-29-53)69(77)73-40-44-85-45-41-74-70(78)86-48-61-59-26-11-9-24-57(59)58-25-10-12-27-60(58)61/h5-12,18-19,22-34,36-39,52,61H,13-17,20-21,35,40-48H2,1-4H3,(H3-,73,74,77,78,79,80,81,82,83,84)/p+1/b38-34+,65-39-. The van der Waals surface area contributed by atoms with Crippen LogP contribution in [0.2, 0.25) is 0 Å². The monoisotopic (exact) mass is 1220 g/mol. The third-order valence-electron chi connectivity index (χ3n) is 18.2. The van der Waals surface area contributed by atoms with Crippen LogP contribution < -0.4 is 15.5 Å². The Hall–Kier alpha value is -7.73. The fourth-order valence-electron chi connectivity index (χ4n) is 14.2. The minimum absolute atomic E-state index is 0.0364. The van der Waals surface area contributed by atoms with Crippen LogP contribution in [0.3, 0.4) is 0 Å². The summed E-state index contributed by atoms with van der Waals surface area (Å²) in [5, 5.41) is 10.4. The molecule has 2 heterocycles. The first kappa shape index (κ1) is 61.9. The van der Waals surface area contributed by atoms with Gasteiger partial charge < -0.3 is 25.0 Å². The molecule has 4 aliphatic rings. The minimum atomic E-state index is -4.12. The van der Waals surface area contributed by atoms with Crippen molar-refractivity contribution < 1.29 is 49.6 Å². The SMILES string of the molecule is CC1(C)C(/C=C/C2=C(c3ccc(C(=O)NCCOCCNC(=O)OCC4c5ccccc5-c5ccccc54)cc3)C(C/C=C3\N(CCCCS(=O)(=O)O)c4ccc5ccccc5c4C3(C)C)CCC2)=[N+](CCCCS(=O)(=O)O)c2ccc3ccccc3c21. The number of hydrogen-bond acceptors (Lipinski definition) is 9. The topological polar surface area (TPSA) is 192 Å². The maximum absolute atomic E-state index is 13.7. The zero-order chi connectivity index (χ0) is 61.8. The molecule has 0 radical (unpaired) electrons. The van der Waals surface area contributed by atoms with Crippen molar-refractivity contribution in [2.45, 2.75) is 95.8 Å². The van der Waals surface area contributed by atoms with Crippen LogP contribution >= 0.6 is 0 Å². The van der Waals surface area contributed by atoms with E-state index in [0.29, 0.717) is 50.8 Å². The molecule has 11 rings (SSSR count). The Morgan fingerprint density at radius 3 is 1.94 bits per heavy atom. The predicted molar refractivity (Wildman–Crippen MR) is 351 cm³/mol. The van der Waals surface area contributed by atoms with Crippen molar-refractivity contribution in [3.05, 3.63) is 208 Å². The normalized spacial score (nSPS) is 17.5. The zero-order valence-corrected chi connectivity index (χ0v) is 52.3. The highest BCUT2D eigenvalue weighted by molar-refractivity contribution is 7.86. The molecule has 14 nitrogen and oxygen atoms in total. The van der Waals surface area contributed by atoms with Gasteiger partial charge in [0, 0.05) is 72.0 Å². The van der Waals surface area contributed by atoms with Gasteiger partial charge in [-0.1, -0.05) is 141 Å². The summed E-state index contributed by atoms with van der Waals surface area (Å²) in [5.41, 5.74) is 14.5. The van der Waals surface area contributed by atoms with Gasteiger partial charge in [0.25, 0.3) is 26.1 Å². The number of unbranched alkanes of at least 4 members (excludes halogenated alkanes) is 2. The van der Waals surface area contributed by atoms with Crippen LogP contribution in [0.1, 0.15) is 123 Å². The van der Waals surface area contributed by atoms with E-state index in [-0.39, 0.29) is 62.2 Å². The number of benzene rings is 7. The van der Waals surface area contributed by atoms with Crippen LogP contribution in [0.15, 0.2) is 175 Å². The quantitative estimate of drug-likeness (QED) is 0.0256. The number of carbonyl (C=O) groups is 2. The molecule has 88 heavy (non-hydrogen) atoms. The van der Waals surface area contributed by atoms with Gasteiger partial charge in [-0.15, -0.1) is 0 Å². The highest BCUT2D eigenvalue weighted by Crippen LogP contribution is 2.52. The number of nitrogens with zero attached hydrogens (tertiary/aromatic N) is 2. The van der Waals surface area contributed by atoms with Crippen LogP contribution in [0.25, 0.3) is 38.2 Å². The van der Waals surface area contributed by atoms with E-state index in [2.05, 4.69) is 157 Å². The Labute approximate surface area is 517 Å². The molecule has 4 N–H and O–H groups in total.